The Kier molecular flexibility index (Phi) is 2.53. The zero-order chi connectivity index (χ0) is 9.10. The van der Waals surface area contributed by atoms with Gasteiger partial charge in [0.25, 0.3) is 0 Å². The van der Waals surface area contributed by atoms with E-state index in [4.69, 9.17) is 4.74 Å². The minimum atomic E-state index is 0.889. The summed E-state index contributed by atoms with van der Waals surface area (Å²) in [7, 11) is 0. The number of hydrogen-bond donors (Lipinski definition) is 0. The van der Waals surface area contributed by atoms with E-state index in [2.05, 4.69) is 25.1 Å². The Labute approximate surface area is 79.7 Å². The van der Waals surface area contributed by atoms with Crippen LogP contribution in [0.5, 0.6) is 5.75 Å². The van der Waals surface area contributed by atoms with E-state index in [0.29, 0.717) is 0 Å². The summed E-state index contributed by atoms with van der Waals surface area (Å²) >= 11 is 0. The van der Waals surface area contributed by atoms with Gasteiger partial charge in [0, 0.05) is 0 Å². The van der Waals surface area contributed by atoms with Crippen LogP contribution in [0.2, 0.25) is 0 Å². The van der Waals surface area contributed by atoms with Crippen molar-refractivity contribution in [3.8, 4) is 5.75 Å². The predicted octanol–water partition coefficient (Wildman–Crippen LogP) is 2.96. The molecule has 0 unspecified atom stereocenters. The van der Waals surface area contributed by atoms with Crippen molar-refractivity contribution >= 4 is 0 Å². The first-order valence-corrected chi connectivity index (χ1v) is 5.15. The quantitative estimate of drug-likeness (QED) is 0.639. The maximum atomic E-state index is 5.69. The standard InChI is InChI=1S/C12H16O/c1-2-10-6-7-11-5-3-4-8-13-12(11)9-10/h6-7,9H,2-5,8H2,1H3. The van der Waals surface area contributed by atoms with Crippen LogP contribution in [0.15, 0.2) is 18.2 Å². The van der Waals surface area contributed by atoms with Crippen molar-refractivity contribution < 1.29 is 4.74 Å². The van der Waals surface area contributed by atoms with Gasteiger partial charge in [-0.05, 0) is 42.9 Å². The van der Waals surface area contributed by atoms with Gasteiger partial charge in [0.15, 0.2) is 0 Å². The Bertz CT molecular complexity index is 291. The van der Waals surface area contributed by atoms with Crippen LogP contribution in [0.1, 0.15) is 30.9 Å². The summed E-state index contributed by atoms with van der Waals surface area (Å²) < 4.78 is 5.69. The van der Waals surface area contributed by atoms with Crippen molar-refractivity contribution in [1.82, 2.24) is 0 Å². The Morgan fingerprint density at radius 2 is 2.23 bits per heavy atom. The highest BCUT2D eigenvalue weighted by Gasteiger charge is 2.08. The summed E-state index contributed by atoms with van der Waals surface area (Å²) in [4.78, 5) is 0. The van der Waals surface area contributed by atoms with Gasteiger partial charge in [-0.3, -0.25) is 0 Å². The van der Waals surface area contributed by atoms with E-state index in [0.717, 1.165) is 18.8 Å². The van der Waals surface area contributed by atoms with Crippen molar-refractivity contribution in [2.24, 2.45) is 0 Å². The van der Waals surface area contributed by atoms with Crippen LogP contribution in [0.3, 0.4) is 0 Å². The third kappa shape index (κ3) is 1.85. The lowest BCUT2D eigenvalue weighted by Gasteiger charge is -2.08. The number of aryl methyl sites for hydroxylation is 2. The Hall–Kier alpha value is -0.980. The van der Waals surface area contributed by atoms with E-state index < -0.39 is 0 Å². The molecule has 0 bridgehead atoms. The van der Waals surface area contributed by atoms with Gasteiger partial charge in [-0.25, -0.2) is 0 Å². The topological polar surface area (TPSA) is 9.23 Å². The molecule has 1 aliphatic rings. The van der Waals surface area contributed by atoms with Crippen LogP contribution in [-0.2, 0) is 12.8 Å². The largest absolute Gasteiger partial charge is 0.493 e. The zero-order valence-electron chi connectivity index (χ0n) is 8.18. The fourth-order valence-electron chi connectivity index (χ4n) is 1.76. The molecule has 1 aromatic rings. The summed E-state index contributed by atoms with van der Waals surface area (Å²) in [5.41, 5.74) is 2.76. The molecule has 0 N–H and O–H groups in total. The molecular weight excluding hydrogens is 160 g/mol. The van der Waals surface area contributed by atoms with Gasteiger partial charge in [-0.15, -0.1) is 0 Å². The highest BCUT2D eigenvalue weighted by Crippen LogP contribution is 2.25. The first-order chi connectivity index (χ1) is 6.40. The van der Waals surface area contributed by atoms with Crippen molar-refractivity contribution in [1.29, 1.82) is 0 Å². The van der Waals surface area contributed by atoms with Crippen molar-refractivity contribution in [3.63, 3.8) is 0 Å². The van der Waals surface area contributed by atoms with Crippen LogP contribution >= 0.6 is 0 Å². The lowest BCUT2D eigenvalue weighted by molar-refractivity contribution is 0.316. The second-order valence-corrected chi connectivity index (χ2v) is 3.60. The number of fused-ring (bicyclic) bond motifs is 1. The number of rotatable bonds is 1. The molecule has 1 aromatic carbocycles. The molecule has 0 atom stereocenters. The van der Waals surface area contributed by atoms with Crippen LogP contribution in [0.4, 0.5) is 0 Å². The molecule has 0 saturated carbocycles. The smallest absolute Gasteiger partial charge is 0.122 e. The fraction of sp³-hybridized carbons (Fsp3) is 0.500. The molecular formula is C12H16O. The number of ether oxygens (including phenoxy) is 1. The SMILES string of the molecule is CCc1ccc2c(c1)OCCCC2. The molecule has 1 aliphatic heterocycles. The summed E-state index contributed by atoms with van der Waals surface area (Å²) in [6.45, 7) is 3.07. The first-order valence-electron chi connectivity index (χ1n) is 5.15. The highest BCUT2D eigenvalue weighted by atomic mass is 16.5. The minimum Gasteiger partial charge on any atom is -0.493 e. The van der Waals surface area contributed by atoms with Crippen molar-refractivity contribution in [3.05, 3.63) is 29.3 Å². The summed E-state index contributed by atoms with van der Waals surface area (Å²) in [5.74, 6) is 1.12. The average molecular weight is 176 g/mol. The van der Waals surface area contributed by atoms with Crippen LogP contribution in [-0.4, -0.2) is 6.61 Å². The van der Waals surface area contributed by atoms with Crippen LogP contribution in [0.25, 0.3) is 0 Å². The van der Waals surface area contributed by atoms with E-state index in [1.54, 1.807) is 0 Å². The molecule has 0 saturated heterocycles. The Morgan fingerprint density at radius 1 is 1.31 bits per heavy atom. The lowest BCUT2D eigenvalue weighted by Crippen LogP contribution is -1.95. The van der Waals surface area contributed by atoms with Crippen LogP contribution in [0, 0.1) is 0 Å². The molecule has 0 aromatic heterocycles. The molecule has 0 amide bonds. The summed E-state index contributed by atoms with van der Waals surface area (Å²) in [6, 6.07) is 6.63. The molecule has 0 spiro atoms. The average Bonchev–Trinajstić information content (AvgIpc) is 2.41. The first kappa shape index (κ1) is 8.61. The van der Waals surface area contributed by atoms with Gasteiger partial charge in [0.2, 0.25) is 0 Å². The number of benzene rings is 1. The van der Waals surface area contributed by atoms with E-state index >= 15 is 0 Å². The third-order valence-electron chi connectivity index (χ3n) is 2.64. The van der Waals surface area contributed by atoms with E-state index in [1.165, 1.54) is 30.4 Å². The molecule has 2 rings (SSSR count). The molecule has 1 nitrogen and oxygen atoms in total. The molecule has 0 radical (unpaired) electrons. The Balaban J connectivity index is 2.32. The van der Waals surface area contributed by atoms with Crippen LogP contribution < -0.4 is 4.74 Å². The van der Waals surface area contributed by atoms with Gasteiger partial charge in [0.05, 0.1) is 6.61 Å². The molecule has 13 heavy (non-hydrogen) atoms. The maximum Gasteiger partial charge on any atom is 0.122 e. The van der Waals surface area contributed by atoms with Crippen molar-refractivity contribution in [2.75, 3.05) is 6.61 Å². The fourth-order valence-corrected chi connectivity index (χ4v) is 1.76. The van der Waals surface area contributed by atoms with Gasteiger partial charge in [-0.1, -0.05) is 19.1 Å². The molecule has 0 fully saturated rings. The molecule has 0 aliphatic carbocycles. The van der Waals surface area contributed by atoms with E-state index in [-0.39, 0.29) is 0 Å². The predicted molar refractivity (Wildman–Crippen MR) is 54.3 cm³/mol. The third-order valence-corrected chi connectivity index (χ3v) is 2.64. The monoisotopic (exact) mass is 176 g/mol. The second-order valence-electron chi connectivity index (χ2n) is 3.60. The van der Waals surface area contributed by atoms with Gasteiger partial charge < -0.3 is 4.74 Å². The molecule has 1 heterocycles. The van der Waals surface area contributed by atoms with Gasteiger partial charge >= 0.3 is 0 Å². The summed E-state index contributed by atoms with van der Waals surface area (Å²) in [6.07, 6.45) is 4.73. The lowest BCUT2D eigenvalue weighted by atomic mass is 10.0. The molecule has 70 valence electrons. The van der Waals surface area contributed by atoms with Crippen molar-refractivity contribution in [2.45, 2.75) is 32.6 Å². The number of hydrogen-bond acceptors (Lipinski definition) is 1. The Morgan fingerprint density at radius 3 is 3.08 bits per heavy atom. The minimum absolute atomic E-state index is 0.889. The zero-order valence-corrected chi connectivity index (χ0v) is 8.18. The summed E-state index contributed by atoms with van der Waals surface area (Å²) in [5, 5.41) is 0. The molecule has 1 heteroatoms. The van der Waals surface area contributed by atoms with E-state index in [9.17, 15) is 0 Å². The second kappa shape index (κ2) is 3.82. The van der Waals surface area contributed by atoms with Gasteiger partial charge in [-0.2, -0.15) is 0 Å². The van der Waals surface area contributed by atoms with Gasteiger partial charge in [0.1, 0.15) is 5.75 Å². The maximum absolute atomic E-state index is 5.69. The van der Waals surface area contributed by atoms with E-state index in [1.807, 2.05) is 0 Å². The normalized spacial score (nSPS) is 15.8. The highest BCUT2D eigenvalue weighted by molar-refractivity contribution is 5.38.